The SMILES string of the molecule is CC(C)(C)[C@@]12C[C@H]1CC(c1ncc(-c3ccc(Br)cc3)[nH]1)N2. The summed E-state index contributed by atoms with van der Waals surface area (Å²) < 4.78 is 1.10. The number of fused-ring (bicyclic) bond motifs is 1. The van der Waals surface area contributed by atoms with Crippen LogP contribution in [0.15, 0.2) is 34.9 Å². The number of aromatic amines is 1. The van der Waals surface area contributed by atoms with Crippen molar-refractivity contribution in [2.75, 3.05) is 0 Å². The maximum atomic E-state index is 4.64. The molecule has 1 saturated carbocycles. The monoisotopic (exact) mass is 359 g/mol. The molecule has 2 N–H and O–H groups in total. The van der Waals surface area contributed by atoms with Crippen LogP contribution in [0.3, 0.4) is 0 Å². The van der Waals surface area contributed by atoms with E-state index in [-0.39, 0.29) is 0 Å². The van der Waals surface area contributed by atoms with Crippen molar-refractivity contribution >= 4 is 15.9 Å². The lowest BCUT2D eigenvalue weighted by atomic mass is 9.83. The molecule has 2 heterocycles. The third-order valence-corrected chi connectivity index (χ3v) is 6.00. The van der Waals surface area contributed by atoms with Crippen LogP contribution in [-0.4, -0.2) is 15.5 Å². The zero-order valence-corrected chi connectivity index (χ0v) is 14.9. The normalized spacial score (nSPS) is 30.4. The van der Waals surface area contributed by atoms with Gasteiger partial charge in [0, 0.05) is 10.0 Å². The fraction of sp³-hybridized carbons (Fsp3) is 0.500. The fourth-order valence-electron chi connectivity index (χ4n) is 4.05. The first-order chi connectivity index (χ1) is 10.4. The molecule has 2 aliphatic rings. The van der Waals surface area contributed by atoms with E-state index in [9.17, 15) is 0 Å². The molecule has 1 saturated heterocycles. The predicted octanol–water partition coefficient (Wildman–Crippen LogP) is 4.68. The molecule has 1 unspecified atom stereocenters. The van der Waals surface area contributed by atoms with Crippen molar-refractivity contribution in [3.8, 4) is 11.3 Å². The van der Waals surface area contributed by atoms with Crippen molar-refractivity contribution in [3.05, 3.63) is 40.8 Å². The molecule has 2 aromatic rings. The summed E-state index contributed by atoms with van der Waals surface area (Å²) in [6.07, 6.45) is 4.46. The van der Waals surface area contributed by atoms with E-state index in [0.717, 1.165) is 21.9 Å². The Morgan fingerprint density at radius 1 is 1.23 bits per heavy atom. The zero-order chi connectivity index (χ0) is 15.5. The second-order valence-corrected chi connectivity index (χ2v) is 8.66. The largest absolute Gasteiger partial charge is 0.341 e. The molecule has 2 fully saturated rings. The second kappa shape index (κ2) is 4.68. The lowest BCUT2D eigenvalue weighted by Gasteiger charge is -2.31. The van der Waals surface area contributed by atoms with Gasteiger partial charge in [0.15, 0.2) is 0 Å². The van der Waals surface area contributed by atoms with E-state index in [1.807, 2.05) is 6.20 Å². The van der Waals surface area contributed by atoms with Crippen molar-refractivity contribution in [2.24, 2.45) is 11.3 Å². The Balaban J connectivity index is 1.55. The lowest BCUT2D eigenvalue weighted by Crippen LogP contribution is -2.42. The Kier molecular flexibility index (Phi) is 3.08. The van der Waals surface area contributed by atoms with E-state index in [0.29, 0.717) is 17.0 Å². The molecule has 1 aliphatic heterocycles. The Morgan fingerprint density at radius 2 is 1.95 bits per heavy atom. The fourth-order valence-corrected chi connectivity index (χ4v) is 4.31. The van der Waals surface area contributed by atoms with E-state index in [2.05, 4.69) is 76.3 Å². The smallest absolute Gasteiger partial charge is 0.123 e. The lowest BCUT2D eigenvalue weighted by molar-refractivity contribution is 0.244. The van der Waals surface area contributed by atoms with Gasteiger partial charge in [0.25, 0.3) is 0 Å². The van der Waals surface area contributed by atoms with Gasteiger partial charge in [-0.25, -0.2) is 4.98 Å². The van der Waals surface area contributed by atoms with E-state index in [1.54, 1.807) is 0 Å². The maximum absolute atomic E-state index is 4.64. The molecular weight excluding hydrogens is 338 g/mol. The van der Waals surface area contributed by atoms with Crippen LogP contribution in [0, 0.1) is 11.3 Å². The first-order valence-electron chi connectivity index (χ1n) is 7.98. The van der Waals surface area contributed by atoms with Gasteiger partial charge in [0.05, 0.1) is 17.9 Å². The Hall–Kier alpha value is -1.13. The maximum Gasteiger partial charge on any atom is 0.123 e. The van der Waals surface area contributed by atoms with Crippen LogP contribution in [0.25, 0.3) is 11.3 Å². The summed E-state index contributed by atoms with van der Waals surface area (Å²) in [4.78, 5) is 8.15. The topological polar surface area (TPSA) is 40.7 Å². The second-order valence-electron chi connectivity index (χ2n) is 7.74. The number of benzene rings is 1. The van der Waals surface area contributed by atoms with Crippen molar-refractivity contribution in [3.63, 3.8) is 0 Å². The molecule has 0 radical (unpaired) electrons. The van der Waals surface area contributed by atoms with E-state index in [4.69, 9.17) is 0 Å². The molecular formula is C18H22BrN3. The molecule has 1 aromatic heterocycles. The summed E-state index contributed by atoms with van der Waals surface area (Å²) in [5, 5.41) is 3.87. The number of halogens is 1. The molecule has 116 valence electrons. The third-order valence-electron chi connectivity index (χ3n) is 5.48. The van der Waals surface area contributed by atoms with Crippen molar-refractivity contribution in [1.29, 1.82) is 0 Å². The number of imidazole rings is 1. The number of aromatic nitrogens is 2. The Bertz CT molecular complexity index is 698. The highest BCUT2D eigenvalue weighted by Crippen LogP contribution is 2.63. The van der Waals surface area contributed by atoms with Gasteiger partial charge in [-0.3, -0.25) is 0 Å². The molecule has 0 spiro atoms. The highest BCUT2D eigenvalue weighted by molar-refractivity contribution is 9.10. The van der Waals surface area contributed by atoms with Gasteiger partial charge in [0.2, 0.25) is 0 Å². The predicted molar refractivity (Wildman–Crippen MR) is 92.5 cm³/mol. The molecule has 3 atom stereocenters. The number of H-pyrrole nitrogens is 1. The number of nitrogens with one attached hydrogen (secondary N) is 2. The average Bonchev–Trinajstić information content (AvgIpc) is 2.88. The average molecular weight is 360 g/mol. The van der Waals surface area contributed by atoms with Gasteiger partial charge < -0.3 is 10.3 Å². The van der Waals surface area contributed by atoms with Crippen molar-refractivity contribution in [2.45, 2.75) is 45.2 Å². The highest BCUT2D eigenvalue weighted by Gasteiger charge is 2.65. The third kappa shape index (κ3) is 2.16. The first kappa shape index (κ1) is 14.5. The molecule has 0 amide bonds. The summed E-state index contributed by atoms with van der Waals surface area (Å²) in [5.41, 5.74) is 2.90. The molecule has 1 aromatic carbocycles. The zero-order valence-electron chi connectivity index (χ0n) is 13.3. The van der Waals surface area contributed by atoms with E-state index >= 15 is 0 Å². The van der Waals surface area contributed by atoms with Gasteiger partial charge in [-0.2, -0.15) is 0 Å². The quantitative estimate of drug-likeness (QED) is 0.817. The Morgan fingerprint density at radius 3 is 2.59 bits per heavy atom. The summed E-state index contributed by atoms with van der Waals surface area (Å²) >= 11 is 3.48. The summed E-state index contributed by atoms with van der Waals surface area (Å²) in [7, 11) is 0. The van der Waals surface area contributed by atoms with E-state index < -0.39 is 0 Å². The van der Waals surface area contributed by atoms with Crippen LogP contribution in [0.5, 0.6) is 0 Å². The minimum Gasteiger partial charge on any atom is -0.341 e. The molecule has 22 heavy (non-hydrogen) atoms. The summed E-state index contributed by atoms with van der Waals surface area (Å²) in [6.45, 7) is 7.04. The van der Waals surface area contributed by atoms with Gasteiger partial charge in [-0.1, -0.05) is 48.8 Å². The number of rotatable bonds is 2. The Labute approximate surface area is 140 Å². The molecule has 3 nitrogen and oxygen atoms in total. The van der Waals surface area contributed by atoms with Crippen molar-refractivity contribution < 1.29 is 0 Å². The summed E-state index contributed by atoms with van der Waals surface area (Å²) in [5.74, 6) is 1.88. The van der Waals surface area contributed by atoms with Crippen LogP contribution in [0.1, 0.15) is 45.5 Å². The van der Waals surface area contributed by atoms with Gasteiger partial charge in [-0.05, 0) is 41.9 Å². The summed E-state index contributed by atoms with van der Waals surface area (Å²) in [6, 6.07) is 8.71. The van der Waals surface area contributed by atoms with E-state index in [1.165, 1.54) is 18.4 Å². The minimum atomic E-state index is 0.313. The van der Waals surface area contributed by atoms with Crippen LogP contribution >= 0.6 is 15.9 Å². The number of hydrogen-bond acceptors (Lipinski definition) is 2. The van der Waals surface area contributed by atoms with Gasteiger partial charge in [-0.15, -0.1) is 0 Å². The minimum absolute atomic E-state index is 0.313. The number of hydrogen-bond donors (Lipinski definition) is 2. The first-order valence-corrected chi connectivity index (χ1v) is 8.77. The highest BCUT2D eigenvalue weighted by atomic mass is 79.9. The molecule has 4 heteroatoms. The number of piperidine rings is 1. The molecule has 1 aliphatic carbocycles. The molecule has 4 rings (SSSR count). The molecule has 0 bridgehead atoms. The van der Waals surface area contributed by atoms with Crippen LogP contribution in [0.4, 0.5) is 0 Å². The van der Waals surface area contributed by atoms with Crippen LogP contribution in [-0.2, 0) is 0 Å². The van der Waals surface area contributed by atoms with Crippen LogP contribution in [0.2, 0.25) is 0 Å². The number of nitrogens with zero attached hydrogens (tertiary/aromatic N) is 1. The van der Waals surface area contributed by atoms with Crippen LogP contribution < -0.4 is 5.32 Å². The van der Waals surface area contributed by atoms with Gasteiger partial charge >= 0.3 is 0 Å². The van der Waals surface area contributed by atoms with Crippen molar-refractivity contribution in [1.82, 2.24) is 15.3 Å². The standard InChI is InChI=1S/C18H22BrN3/c1-17(2,3)18-9-12(18)8-14(22-18)16-20-10-15(21-16)11-4-6-13(19)7-5-11/h4-7,10,12,14,22H,8-9H2,1-3H3,(H,20,21)/t12-,14?,18-/m1/s1. The van der Waals surface area contributed by atoms with Gasteiger partial charge in [0.1, 0.15) is 5.82 Å².